The maximum Gasteiger partial charge on any atom is 0.408 e. The third kappa shape index (κ3) is 9.02. The molecule has 60 heavy (non-hydrogen) atoms. The smallest absolute Gasteiger partial charge is 0.408 e. The highest BCUT2D eigenvalue weighted by Gasteiger charge is 2.65. The van der Waals surface area contributed by atoms with Gasteiger partial charge in [-0.3, -0.25) is 14.2 Å². The Balaban J connectivity index is 1.22. The summed E-state index contributed by atoms with van der Waals surface area (Å²) in [6, 6.07) is 21.6. The summed E-state index contributed by atoms with van der Waals surface area (Å²) in [7, 11) is -0.899. The molecule has 13 nitrogen and oxygen atoms in total. The summed E-state index contributed by atoms with van der Waals surface area (Å²) in [5.41, 5.74) is 1.91. The molecule has 14 heteroatoms. The molecule has 4 aromatic rings. The number of carbonyl (C=O) groups excluding carboxylic acids is 3. The summed E-state index contributed by atoms with van der Waals surface area (Å²) in [5.74, 6) is 0.231. The van der Waals surface area contributed by atoms with Crippen LogP contribution in [-0.2, 0) is 25.1 Å². The third-order valence-corrected chi connectivity index (χ3v) is 14.6. The number of benzene rings is 3. The zero-order chi connectivity index (χ0) is 42.8. The quantitative estimate of drug-likeness (QED) is 0.0842. The topological polar surface area (TPSA) is 166 Å². The Hall–Kier alpha value is -5.39. The molecule has 7 rings (SSSR count). The van der Waals surface area contributed by atoms with Crippen LogP contribution in [0.2, 0.25) is 0 Å². The van der Waals surface area contributed by atoms with E-state index >= 15 is 0 Å². The Morgan fingerprint density at radius 2 is 1.67 bits per heavy atom. The van der Waals surface area contributed by atoms with Gasteiger partial charge in [-0.1, -0.05) is 57.2 Å². The number of hydrogen-bond acceptors (Lipinski definition) is 9. The Kier molecular flexibility index (Phi) is 12.3. The molecule has 2 saturated carbocycles. The number of methoxy groups -OCH3 is 2. The average molecular weight is 839 g/mol. The normalized spacial score (nSPS) is 23.0. The Morgan fingerprint density at radius 1 is 0.983 bits per heavy atom. The number of likely N-dealkylation sites (tertiary alicyclic amines) is 1. The van der Waals surface area contributed by atoms with Gasteiger partial charge in [0.25, 0.3) is 0 Å². The van der Waals surface area contributed by atoms with Crippen molar-refractivity contribution in [2.24, 2.45) is 11.3 Å². The molecule has 2 heterocycles. The van der Waals surface area contributed by atoms with Gasteiger partial charge in [-0.05, 0) is 79.5 Å². The van der Waals surface area contributed by atoms with Crippen LogP contribution in [0.3, 0.4) is 0 Å². The maximum absolute atomic E-state index is 14.9. The van der Waals surface area contributed by atoms with Gasteiger partial charge in [0.2, 0.25) is 19.2 Å². The number of carbonyl (C=O) groups is 3. The minimum atomic E-state index is -4.08. The summed E-state index contributed by atoms with van der Waals surface area (Å²) in [5, 5.41) is 5.03. The summed E-state index contributed by atoms with van der Waals surface area (Å²) in [6.07, 6.45) is 3.57. The summed E-state index contributed by atoms with van der Waals surface area (Å²) in [6.45, 7) is 9.39. The first-order valence-corrected chi connectivity index (χ1v) is 22.4. The second kappa shape index (κ2) is 17.3. The predicted octanol–water partition coefficient (Wildman–Crippen LogP) is 7.84. The zero-order valence-corrected chi connectivity index (χ0v) is 35.8. The van der Waals surface area contributed by atoms with E-state index in [1.807, 2.05) is 75.4 Å². The second-order valence-electron chi connectivity index (χ2n) is 17.2. The first-order valence-electron chi connectivity index (χ1n) is 20.5. The van der Waals surface area contributed by atoms with Crippen molar-refractivity contribution in [1.29, 1.82) is 0 Å². The zero-order valence-electron chi connectivity index (χ0n) is 34.9. The lowest BCUT2D eigenvalue weighted by Gasteiger charge is -2.36. The van der Waals surface area contributed by atoms with Crippen LogP contribution in [0.5, 0.6) is 17.2 Å². The van der Waals surface area contributed by atoms with E-state index in [0.29, 0.717) is 39.4 Å². The molecule has 3 N–H and O–H groups in total. The highest BCUT2D eigenvalue weighted by Crippen LogP contribution is 2.70. The SMILES string of the molecule is C=C[C@@H]1C[C@]1(NC(=O)[C@@H]1C[C@@H](Oc2cc(-c3ccc(OC)cc3)nc3cc(OC)ccc23)CN1C(=O)[C@@H](NC(=O)OC1CCCC1)C(C)(C)C)P(=O)(O)Cc1ccccc1. The van der Waals surface area contributed by atoms with E-state index in [1.165, 1.54) is 4.90 Å². The molecule has 3 amide bonds. The van der Waals surface area contributed by atoms with Crippen LogP contribution in [0, 0.1) is 11.3 Å². The fourth-order valence-electron chi connectivity index (χ4n) is 8.44. The third-order valence-electron chi connectivity index (χ3n) is 11.9. The van der Waals surface area contributed by atoms with Crippen molar-refractivity contribution in [1.82, 2.24) is 20.5 Å². The van der Waals surface area contributed by atoms with E-state index in [1.54, 1.807) is 44.6 Å². The summed E-state index contributed by atoms with van der Waals surface area (Å²) >= 11 is 0. The summed E-state index contributed by atoms with van der Waals surface area (Å²) in [4.78, 5) is 60.9. The fourth-order valence-corrected chi connectivity index (χ4v) is 10.8. The van der Waals surface area contributed by atoms with Crippen LogP contribution in [0.25, 0.3) is 22.2 Å². The number of nitrogens with one attached hydrogen (secondary N) is 2. The average Bonchev–Trinajstić information content (AvgIpc) is 3.48. The van der Waals surface area contributed by atoms with E-state index in [-0.39, 0.29) is 31.7 Å². The number of rotatable bonds is 14. The van der Waals surface area contributed by atoms with Gasteiger partial charge in [0.15, 0.2) is 0 Å². The minimum Gasteiger partial charge on any atom is -0.497 e. The summed E-state index contributed by atoms with van der Waals surface area (Å²) < 4.78 is 37.7. The molecule has 3 fully saturated rings. The molecule has 0 radical (unpaired) electrons. The lowest BCUT2D eigenvalue weighted by atomic mass is 9.85. The maximum atomic E-state index is 14.9. The molecular weight excluding hydrogens is 783 g/mol. The lowest BCUT2D eigenvalue weighted by Crippen LogP contribution is -2.58. The number of nitrogens with zero attached hydrogens (tertiary/aromatic N) is 2. The number of pyridine rings is 1. The second-order valence-corrected chi connectivity index (χ2v) is 19.7. The van der Waals surface area contributed by atoms with Crippen LogP contribution in [0.4, 0.5) is 4.79 Å². The predicted molar refractivity (Wildman–Crippen MR) is 229 cm³/mol. The number of amides is 3. The van der Waals surface area contributed by atoms with Crippen molar-refractivity contribution in [2.75, 3.05) is 20.8 Å². The Labute approximate surface area is 351 Å². The van der Waals surface area contributed by atoms with Crippen molar-refractivity contribution >= 4 is 36.2 Å². The van der Waals surface area contributed by atoms with Crippen molar-refractivity contribution in [3.05, 3.63) is 97.1 Å². The lowest BCUT2D eigenvalue weighted by molar-refractivity contribution is -0.142. The van der Waals surface area contributed by atoms with Crippen LogP contribution < -0.4 is 24.8 Å². The van der Waals surface area contributed by atoms with Gasteiger partial charge in [0.1, 0.15) is 46.8 Å². The largest absolute Gasteiger partial charge is 0.497 e. The molecule has 6 atom stereocenters. The molecule has 1 saturated heterocycles. The Morgan fingerprint density at radius 3 is 2.30 bits per heavy atom. The van der Waals surface area contributed by atoms with Gasteiger partial charge >= 0.3 is 6.09 Å². The monoisotopic (exact) mass is 838 g/mol. The van der Waals surface area contributed by atoms with Gasteiger partial charge < -0.3 is 39.4 Å². The van der Waals surface area contributed by atoms with Crippen LogP contribution in [-0.4, -0.2) is 83.0 Å². The molecule has 2 aliphatic carbocycles. The van der Waals surface area contributed by atoms with Gasteiger partial charge in [-0.2, -0.15) is 0 Å². The molecule has 3 aromatic carbocycles. The Bertz CT molecular complexity index is 2280. The molecule has 1 unspecified atom stereocenters. The van der Waals surface area contributed by atoms with Crippen molar-refractivity contribution < 1.29 is 42.8 Å². The number of aromatic nitrogens is 1. The highest BCUT2D eigenvalue weighted by atomic mass is 31.2. The molecule has 0 bridgehead atoms. The fraction of sp³-hybridized carbons (Fsp3) is 0.435. The standard InChI is InChI=1S/C46H55N4O9P/c1-7-31-26-46(31,60(54,55)28-29-13-9-8-10-14-29)49-42(51)39-24-35(27-50(39)43(52)41(45(2,3)4)48-44(53)59-33-15-11-12-16-33)58-40-25-37(30-17-19-32(56-5)20-18-30)47-38-23-34(57-6)21-22-36(38)40/h7-10,13-14,17-23,25,31,33,35,39,41H,1,11-12,15-16,24,26-28H2,2-6H3,(H,48,53)(H,49,51)(H,54,55)/t31-,35-,39+,41-,46+/m1/s1. The van der Waals surface area contributed by atoms with E-state index in [9.17, 15) is 23.8 Å². The first-order chi connectivity index (χ1) is 28.6. The van der Waals surface area contributed by atoms with Gasteiger partial charge in [-0.15, -0.1) is 6.58 Å². The van der Waals surface area contributed by atoms with Crippen molar-refractivity contribution in [3.63, 3.8) is 0 Å². The van der Waals surface area contributed by atoms with Crippen LogP contribution in [0.15, 0.2) is 91.5 Å². The van der Waals surface area contributed by atoms with Crippen LogP contribution in [0.1, 0.15) is 64.9 Å². The molecular formula is C46H55N4O9P. The number of alkyl carbamates (subject to hydrolysis) is 1. The van der Waals surface area contributed by atoms with Gasteiger partial charge in [0.05, 0.1) is 38.1 Å². The minimum absolute atomic E-state index is 0.0145. The van der Waals surface area contributed by atoms with Crippen LogP contribution >= 0.6 is 7.37 Å². The van der Waals surface area contributed by atoms with Crippen molar-refractivity contribution in [3.8, 4) is 28.5 Å². The number of fused-ring (bicyclic) bond motifs is 1. The van der Waals surface area contributed by atoms with Gasteiger partial charge in [-0.25, -0.2) is 9.78 Å². The first kappa shape index (κ1) is 42.7. The number of ether oxygens (including phenoxy) is 4. The van der Waals surface area contributed by atoms with E-state index in [4.69, 9.17) is 23.9 Å². The molecule has 318 valence electrons. The molecule has 3 aliphatic rings. The van der Waals surface area contributed by atoms with E-state index in [2.05, 4.69) is 17.2 Å². The molecule has 0 spiro atoms. The van der Waals surface area contributed by atoms with E-state index < -0.39 is 60.1 Å². The van der Waals surface area contributed by atoms with Crippen molar-refractivity contribution in [2.45, 2.75) is 95.0 Å². The molecule has 1 aliphatic heterocycles. The van der Waals surface area contributed by atoms with Gasteiger partial charge in [0, 0.05) is 35.4 Å². The molecule has 1 aromatic heterocycles. The highest BCUT2D eigenvalue weighted by molar-refractivity contribution is 7.59. The number of hydrogen-bond donors (Lipinski definition) is 3. The van der Waals surface area contributed by atoms with E-state index in [0.717, 1.165) is 31.2 Å².